The van der Waals surface area contributed by atoms with Gasteiger partial charge in [-0.1, -0.05) is 0 Å². The Balaban J connectivity index is 1.44. The minimum absolute atomic E-state index is 0.105. The van der Waals surface area contributed by atoms with Crippen LogP contribution in [0.25, 0.3) is 10.9 Å². The molecule has 29 heavy (non-hydrogen) atoms. The van der Waals surface area contributed by atoms with Gasteiger partial charge in [-0.3, -0.25) is 4.79 Å². The number of urea groups is 1. The van der Waals surface area contributed by atoms with Crippen LogP contribution in [0.4, 0.5) is 10.5 Å². The number of hydrogen-bond donors (Lipinski definition) is 2. The Labute approximate surface area is 171 Å². The molecule has 7 nitrogen and oxygen atoms in total. The van der Waals surface area contributed by atoms with Gasteiger partial charge >= 0.3 is 6.03 Å². The van der Waals surface area contributed by atoms with Crippen molar-refractivity contribution in [3.63, 3.8) is 0 Å². The molecule has 2 fully saturated rings. The summed E-state index contributed by atoms with van der Waals surface area (Å²) >= 11 is 0. The molecule has 1 saturated heterocycles. The number of carbonyl (C=O) groups excluding carboxylic acids is 2. The Kier molecular flexibility index (Phi) is 4.81. The van der Waals surface area contributed by atoms with Gasteiger partial charge in [0.2, 0.25) is 5.91 Å². The van der Waals surface area contributed by atoms with E-state index >= 15 is 0 Å². The van der Waals surface area contributed by atoms with Crippen LogP contribution < -0.4 is 10.6 Å². The molecule has 4 rings (SSSR count). The van der Waals surface area contributed by atoms with Crippen molar-refractivity contribution < 1.29 is 14.3 Å². The molecule has 0 spiro atoms. The first-order valence-electron chi connectivity index (χ1n) is 10.4. The lowest BCUT2D eigenvalue weighted by Crippen LogP contribution is -2.52. The summed E-state index contributed by atoms with van der Waals surface area (Å²) in [7, 11) is 0. The molecule has 2 N–H and O–H groups in total. The van der Waals surface area contributed by atoms with E-state index in [1.54, 1.807) is 0 Å². The molecule has 156 valence electrons. The molecular formula is C22H30N4O3. The van der Waals surface area contributed by atoms with Gasteiger partial charge in [-0.25, -0.2) is 4.79 Å². The van der Waals surface area contributed by atoms with E-state index in [0.29, 0.717) is 32.2 Å². The molecule has 7 heteroatoms. The smallest absolute Gasteiger partial charge is 0.319 e. The topological polar surface area (TPSA) is 75.6 Å². The maximum atomic E-state index is 12.6. The van der Waals surface area contributed by atoms with Gasteiger partial charge in [0, 0.05) is 41.8 Å². The van der Waals surface area contributed by atoms with Crippen LogP contribution in [0, 0.1) is 5.92 Å². The predicted molar refractivity (Wildman–Crippen MR) is 113 cm³/mol. The molecule has 2 aromatic rings. The van der Waals surface area contributed by atoms with Crippen molar-refractivity contribution in [1.82, 2.24) is 14.8 Å². The van der Waals surface area contributed by atoms with Crippen LogP contribution in [-0.2, 0) is 16.1 Å². The third kappa shape index (κ3) is 3.37. The number of aromatic nitrogens is 1. The van der Waals surface area contributed by atoms with Crippen LogP contribution in [0.1, 0.15) is 34.1 Å². The number of likely N-dealkylation sites (N-methyl/N-ethyl adjacent to an activating group) is 1. The van der Waals surface area contributed by atoms with E-state index < -0.39 is 0 Å². The highest BCUT2D eigenvalue weighted by Crippen LogP contribution is 2.57. The summed E-state index contributed by atoms with van der Waals surface area (Å²) in [5.41, 5.74) is 1.11. The fourth-order valence-electron chi connectivity index (χ4n) is 4.61. The Bertz CT molecular complexity index is 947. The number of benzene rings is 1. The number of amides is 3. The van der Waals surface area contributed by atoms with Gasteiger partial charge in [0.15, 0.2) is 0 Å². The zero-order valence-corrected chi connectivity index (χ0v) is 17.6. The summed E-state index contributed by atoms with van der Waals surface area (Å²) in [5.74, 6) is 0.511. The van der Waals surface area contributed by atoms with Crippen molar-refractivity contribution in [1.29, 1.82) is 0 Å². The van der Waals surface area contributed by atoms with Gasteiger partial charge in [0.1, 0.15) is 6.54 Å². The van der Waals surface area contributed by atoms with Crippen molar-refractivity contribution in [2.24, 2.45) is 5.92 Å². The minimum atomic E-state index is -0.340. The molecule has 2 heterocycles. The Morgan fingerprint density at radius 3 is 2.62 bits per heavy atom. The molecule has 1 aromatic carbocycles. The number of nitrogens with one attached hydrogen (secondary N) is 2. The average Bonchev–Trinajstić information content (AvgIpc) is 3.16. The summed E-state index contributed by atoms with van der Waals surface area (Å²) < 4.78 is 7.76. The molecule has 2 unspecified atom stereocenters. The van der Waals surface area contributed by atoms with E-state index in [1.165, 1.54) is 0 Å². The van der Waals surface area contributed by atoms with Crippen molar-refractivity contribution in [3.05, 3.63) is 30.5 Å². The van der Waals surface area contributed by atoms with Crippen molar-refractivity contribution in [3.8, 4) is 0 Å². The minimum Gasteiger partial charge on any atom is -0.373 e. The van der Waals surface area contributed by atoms with Gasteiger partial charge in [-0.05, 0) is 58.4 Å². The van der Waals surface area contributed by atoms with Gasteiger partial charge in [-0.15, -0.1) is 0 Å². The second-order valence-corrected chi connectivity index (χ2v) is 8.56. The second kappa shape index (κ2) is 7.06. The number of fused-ring (bicyclic) bond motifs is 2. The summed E-state index contributed by atoms with van der Waals surface area (Å²) in [6.45, 7) is 10.5. The molecule has 3 amide bonds. The summed E-state index contributed by atoms with van der Waals surface area (Å²) in [4.78, 5) is 26.8. The van der Waals surface area contributed by atoms with Crippen LogP contribution in [-0.4, -0.2) is 52.2 Å². The molecule has 1 aliphatic carbocycles. The van der Waals surface area contributed by atoms with Crippen molar-refractivity contribution in [2.75, 3.05) is 25.0 Å². The van der Waals surface area contributed by atoms with Gasteiger partial charge in [-0.2, -0.15) is 0 Å². The third-order valence-electron chi connectivity index (χ3n) is 6.61. The molecule has 2 atom stereocenters. The molecule has 1 aliphatic heterocycles. The average molecular weight is 399 g/mol. The number of rotatable bonds is 6. The van der Waals surface area contributed by atoms with Crippen molar-refractivity contribution >= 4 is 28.5 Å². The lowest BCUT2D eigenvalue weighted by Gasteiger charge is -2.31. The molecular weight excluding hydrogens is 368 g/mol. The van der Waals surface area contributed by atoms with Crippen molar-refractivity contribution in [2.45, 2.75) is 51.8 Å². The number of hydrogen-bond acceptors (Lipinski definition) is 3. The van der Waals surface area contributed by atoms with Crippen LogP contribution in [0.3, 0.4) is 0 Å². The summed E-state index contributed by atoms with van der Waals surface area (Å²) in [5, 5.41) is 7.08. The number of ether oxygens (including phenoxy) is 1. The molecule has 1 saturated carbocycles. The second-order valence-electron chi connectivity index (χ2n) is 8.56. The Hall–Kier alpha value is -2.54. The number of carbonyl (C=O) groups is 2. The van der Waals surface area contributed by atoms with E-state index in [0.717, 1.165) is 23.0 Å². The van der Waals surface area contributed by atoms with Gasteiger partial charge < -0.3 is 24.8 Å². The van der Waals surface area contributed by atoms with E-state index in [2.05, 4.69) is 10.6 Å². The highest BCUT2D eigenvalue weighted by Gasteiger charge is 2.69. The maximum Gasteiger partial charge on any atom is 0.319 e. The first kappa shape index (κ1) is 19.8. The monoisotopic (exact) mass is 398 g/mol. The summed E-state index contributed by atoms with van der Waals surface area (Å²) in [6, 6.07) is 7.52. The maximum absolute atomic E-state index is 12.6. The summed E-state index contributed by atoms with van der Waals surface area (Å²) in [6.07, 6.45) is 2.89. The predicted octanol–water partition coefficient (Wildman–Crippen LogP) is 3.20. The van der Waals surface area contributed by atoms with E-state index in [-0.39, 0.29) is 23.1 Å². The fraction of sp³-hybridized carbons (Fsp3) is 0.545. The standard InChI is InChI=1S/C22H30N4O3/c1-5-25(6-2)19(27)13-26-10-9-15-11-17(7-8-18(15)26)23-20(28)24-22-12-16(22)14-29-21(22,3)4/h7-11,16H,5-6,12-14H2,1-4H3,(H2,23,24,28). The van der Waals surface area contributed by atoms with Crippen LogP contribution in [0.15, 0.2) is 30.5 Å². The molecule has 0 bridgehead atoms. The molecule has 2 aliphatic rings. The Morgan fingerprint density at radius 1 is 1.24 bits per heavy atom. The van der Waals surface area contributed by atoms with Crippen LogP contribution in [0.2, 0.25) is 0 Å². The molecule has 1 aromatic heterocycles. The largest absolute Gasteiger partial charge is 0.373 e. The zero-order chi connectivity index (χ0) is 20.8. The first-order chi connectivity index (χ1) is 13.8. The quantitative estimate of drug-likeness (QED) is 0.785. The number of nitrogens with zero attached hydrogens (tertiary/aromatic N) is 2. The lowest BCUT2D eigenvalue weighted by atomic mass is 9.96. The van der Waals surface area contributed by atoms with Gasteiger partial charge in [0.05, 0.1) is 17.7 Å². The molecule has 0 radical (unpaired) electrons. The lowest BCUT2D eigenvalue weighted by molar-refractivity contribution is -0.131. The van der Waals surface area contributed by atoms with Crippen LogP contribution >= 0.6 is 0 Å². The zero-order valence-electron chi connectivity index (χ0n) is 17.6. The van der Waals surface area contributed by atoms with E-state index in [9.17, 15) is 9.59 Å². The first-order valence-corrected chi connectivity index (χ1v) is 10.4. The third-order valence-corrected chi connectivity index (χ3v) is 6.61. The SMILES string of the molecule is CCN(CC)C(=O)Cn1ccc2cc(NC(=O)NC34CC3COC4(C)C)ccc21. The Morgan fingerprint density at radius 2 is 2.00 bits per heavy atom. The normalized spacial score (nSPS) is 24.2. The number of anilines is 1. The van der Waals surface area contributed by atoms with Crippen LogP contribution in [0.5, 0.6) is 0 Å². The highest BCUT2D eigenvalue weighted by molar-refractivity contribution is 5.94. The fourth-order valence-corrected chi connectivity index (χ4v) is 4.61. The van der Waals surface area contributed by atoms with Gasteiger partial charge in [0.25, 0.3) is 0 Å². The highest BCUT2D eigenvalue weighted by atomic mass is 16.5. The van der Waals surface area contributed by atoms with E-state index in [4.69, 9.17) is 4.74 Å². The van der Waals surface area contributed by atoms with E-state index in [1.807, 2.05) is 67.6 Å².